The number of nitrogens with zero attached hydrogens (tertiary/aromatic N) is 3. The molecule has 0 amide bonds. The summed E-state index contributed by atoms with van der Waals surface area (Å²) in [6, 6.07) is 24.9. The molecular formula is C39H38BrN3O5S. The van der Waals surface area contributed by atoms with Gasteiger partial charge in [-0.1, -0.05) is 57.6 Å². The minimum atomic E-state index is -0.760. The zero-order chi connectivity index (χ0) is 34.8. The van der Waals surface area contributed by atoms with Gasteiger partial charge in [-0.15, -0.1) is 0 Å². The van der Waals surface area contributed by atoms with Crippen molar-refractivity contribution in [1.29, 1.82) is 0 Å². The number of carbonyl (C=O) groups excluding carboxylic acids is 1. The van der Waals surface area contributed by atoms with Gasteiger partial charge in [-0.3, -0.25) is 9.36 Å². The maximum atomic E-state index is 14.3. The molecule has 0 saturated heterocycles. The van der Waals surface area contributed by atoms with Crippen LogP contribution in [0.4, 0.5) is 0 Å². The lowest BCUT2D eigenvalue weighted by Crippen LogP contribution is -2.40. The first-order valence-corrected chi connectivity index (χ1v) is 17.8. The van der Waals surface area contributed by atoms with E-state index in [1.165, 1.54) is 11.3 Å². The van der Waals surface area contributed by atoms with E-state index in [1.54, 1.807) is 18.4 Å². The van der Waals surface area contributed by atoms with E-state index in [2.05, 4.69) is 26.6 Å². The molecule has 0 unspecified atom stereocenters. The van der Waals surface area contributed by atoms with Crippen LogP contribution in [-0.4, -0.2) is 27.8 Å². The Bertz CT molecular complexity index is 2230. The molecule has 0 radical (unpaired) electrons. The molecule has 0 spiro atoms. The van der Waals surface area contributed by atoms with Crippen molar-refractivity contribution in [2.24, 2.45) is 4.99 Å². The number of hydrogen-bond acceptors (Lipinski definition) is 7. The Morgan fingerprint density at radius 3 is 2.43 bits per heavy atom. The lowest BCUT2D eigenvalue weighted by molar-refractivity contribution is -0.139. The first kappa shape index (κ1) is 34.2. The van der Waals surface area contributed by atoms with Gasteiger partial charge in [0, 0.05) is 27.1 Å². The number of rotatable bonds is 10. The van der Waals surface area contributed by atoms with Gasteiger partial charge >= 0.3 is 5.97 Å². The Labute approximate surface area is 297 Å². The van der Waals surface area contributed by atoms with E-state index in [4.69, 9.17) is 19.2 Å². The zero-order valence-electron chi connectivity index (χ0n) is 28.3. The molecule has 0 saturated carbocycles. The first-order chi connectivity index (χ1) is 23.5. The van der Waals surface area contributed by atoms with Gasteiger partial charge in [-0.05, 0) is 107 Å². The molecule has 2 aromatic heterocycles. The summed E-state index contributed by atoms with van der Waals surface area (Å²) in [6.07, 6.45) is 1.80. The SMILES string of the molecule is CCOC(=O)C1=C(C)N=c2s/c(=C\c3cc(C)n(-c4ccc(OCc5ccc(Br)cc5)cc4)c3C)c(=O)n2[C@@H]1c1ccccc1OC(C)C. The van der Waals surface area contributed by atoms with Gasteiger partial charge in [0.1, 0.15) is 24.1 Å². The molecule has 1 aliphatic heterocycles. The number of allylic oxidation sites excluding steroid dienone is 1. The maximum Gasteiger partial charge on any atom is 0.338 e. The molecule has 3 heterocycles. The minimum Gasteiger partial charge on any atom is -0.491 e. The lowest BCUT2D eigenvalue weighted by atomic mass is 9.95. The Balaban J connectivity index is 1.37. The van der Waals surface area contributed by atoms with Gasteiger partial charge in [0.05, 0.1) is 28.5 Å². The van der Waals surface area contributed by atoms with Crippen molar-refractivity contribution < 1.29 is 19.0 Å². The number of carbonyl (C=O) groups is 1. The van der Waals surface area contributed by atoms with Crippen LogP contribution in [0.3, 0.4) is 0 Å². The fraction of sp³-hybridized carbons (Fsp3) is 0.256. The molecule has 1 aliphatic rings. The molecular weight excluding hydrogens is 702 g/mol. The molecule has 6 rings (SSSR count). The zero-order valence-corrected chi connectivity index (χ0v) is 30.7. The lowest BCUT2D eigenvalue weighted by Gasteiger charge is -2.26. The first-order valence-electron chi connectivity index (χ1n) is 16.2. The number of aromatic nitrogens is 2. The second kappa shape index (κ2) is 14.4. The smallest absolute Gasteiger partial charge is 0.338 e. The highest BCUT2D eigenvalue weighted by Crippen LogP contribution is 2.36. The van der Waals surface area contributed by atoms with Crippen LogP contribution >= 0.6 is 27.3 Å². The van der Waals surface area contributed by atoms with E-state index in [0.29, 0.717) is 38.5 Å². The fourth-order valence-electron chi connectivity index (χ4n) is 6.06. The van der Waals surface area contributed by atoms with Crippen LogP contribution < -0.4 is 24.4 Å². The highest BCUT2D eigenvalue weighted by molar-refractivity contribution is 9.10. The predicted molar refractivity (Wildman–Crippen MR) is 196 cm³/mol. The monoisotopic (exact) mass is 739 g/mol. The molecule has 10 heteroatoms. The Morgan fingerprint density at radius 1 is 1.02 bits per heavy atom. The normalized spacial score (nSPS) is 14.5. The summed E-state index contributed by atoms with van der Waals surface area (Å²) in [4.78, 5) is 32.9. The summed E-state index contributed by atoms with van der Waals surface area (Å²) < 4.78 is 23.0. The van der Waals surface area contributed by atoms with E-state index in [9.17, 15) is 9.59 Å². The van der Waals surface area contributed by atoms with Crippen molar-refractivity contribution in [2.45, 2.75) is 60.3 Å². The van der Waals surface area contributed by atoms with E-state index in [0.717, 1.165) is 38.4 Å². The van der Waals surface area contributed by atoms with Crippen molar-refractivity contribution in [3.8, 4) is 17.2 Å². The summed E-state index contributed by atoms with van der Waals surface area (Å²) >= 11 is 4.77. The molecule has 3 aromatic carbocycles. The largest absolute Gasteiger partial charge is 0.491 e. The van der Waals surface area contributed by atoms with Crippen molar-refractivity contribution >= 4 is 39.3 Å². The van der Waals surface area contributed by atoms with Crippen molar-refractivity contribution in [2.75, 3.05) is 6.61 Å². The summed E-state index contributed by atoms with van der Waals surface area (Å²) in [5, 5.41) is 0. The van der Waals surface area contributed by atoms with Crippen LogP contribution in [0.15, 0.2) is 104 Å². The molecule has 1 atom stereocenters. The highest BCUT2D eigenvalue weighted by atomic mass is 79.9. The number of halogens is 1. The van der Waals surface area contributed by atoms with Gasteiger partial charge in [-0.2, -0.15) is 0 Å². The second-order valence-electron chi connectivity index (χ2n) is 12.1. The number of fused-ring (bicyclic) bond motifs is 1. The number of thiazole rings is 1. The van der Waals surface area contributed by atoms with Crippen LogP contribution in [-0.2, 0) is 16.1 Å². The average molecular weight is 741 g/mol. The molecule has 0 bridgehead atoms. The van der Waals surface area contributed by atoms with Crippen molar-refractivity contribution in [3.05, 3.63) is 142 Å². The predicted octanol–water partition coefficient (Wildman–Crippen LogP) is 7.33. The van der Waals surface area contributed by atoms with E-state index in [-0.39, 0.29) is 18.3 Å². The third kappa shape index (κ3) is 7.07. The van der Waals surface area contributed by atoms with Gasteiger partial charge in [0.2, 0.25) is 0 Å². The molecule has 5 aromatic rings. The van der Waals surface area contributed by atoms with Gasteiger partial charge in [0.25, 0.3) is 5.56 Å². The third-order valence-corrected chi connectivity index (χ3v) is 9.78. The molecule has 49 heavy (non-hydrogen) atoms. The Hall–Kier alpha value is -4.67. The van der Waals surface area contributed by atoms with Gasteiger partial charge in [-0.25, -0.2) is 9.79 Å². The number of ether oxygens (including phenoxy) is 3. The van der Waals surface area contributed by atoms with Crippen molar-refractivity contribution in [3.63, 3.8) is 0 Å². The summed E-state index contributed by atoms with van der Waals surface area (Å²) in [5.41, 5.74) is 6.30. The topological polar surface area (TPSA) is 84.0 Å². The summed E-state index contributed by atoms with van der Waals surface area (Å²) in [5.74, 6) is 0.875. The van der Waals surface area contributed by atoms with Crippen LogP contribution in [0.5, 0.6) is 11.5 Å². The number of aryl methyl sites for hydroxylation is 1. The standard InChI is InChI=1S/C39H38BrN3O5S/c1-7-46-38(45)35-25(5)41-39-43(36(35)32-10-8-9-11-33(32)48-23(2)3)37(44)34(49-39)21-28-20-24(4)42(26(28)6)30-16-18-31(19-17-30)47-22-27-12-14-29(40)15-13-27/h8-21,23,36H,7,22H2,1-6H3/b34-21-/t36-/m1/s1. The molecule has 8 nitrogen and oxygen atoms in total. The number of benzene rings is 3. The minimum absolute atomic E-state index is 0.107. The average Bonchev–Trinajstić information content (AvgIpc) is 3.53. The Kier molecular flexibility index (Phi) is 10.1. The number of esters is 1. The molecule has 0 fully saturated rings. The fourth-order valence-corrected chi connectivity index (χ4v) is 7.37. The highest BCUT2D eigenvalue weighted by Gasteiger charge is 2.35. The third-order valence-electron chi connectivity index (χ3n) is 8.26. The van der Waals surface area contributed by atoms with Crippen LogP contribution in [0.25, 0.3) is 11.8 Å². The van der Waals surface area contributed by atoms with E-state index >= 15 is 0 Å². The second-order valence-corrected chi connectivity index (χ2v) is 14.0. The maximum absolute atomic E-state index is 14.3. The number of hydrogen-bond donors (Lipinski definition) is 0. The van der Waals surface area contributed by atoms with Gasteiger partial charge < -0.3 is 18.8 Å². The van der Waals surface area contributed by atoms with E-state index < -0.39 is 12.0 Å². The summed E-state index contributed by atoms with van der Waals surface area (Å²) in [6.45, 7) is 12.2. The molecule has 0 aliphatic carbocycles. The van der Waals surface area contributed by atoms with Crippen LogP contribution in [0.1, 0.15) is 61.8 Å². The van der Waals surface area contributed by atoms with Crippen LogP contribution in [0, 0.1) is 13.8 Å². The van der Waals surface area contributed by atoms with Crippen molar-refractivity contribution in [1.82, 2.24) is 9.13 Å². The summed E-state index contributed by atoms with van der Waals surface area (Å²) in [7, 11) is 0. The van der Waals surface area contributed by atoms with Crippen LogP contribution in [0.2, 0.25) is 0 Å². The quantitative estimate of drug-likeness (QED) is 0.140. The van der Waals surface area contributed by atoms with E-state index in [1.807, 2.05) is 107 Å². The van der Waals surface area contributed by atoms with Gasteiger partial charge in [0.15, 0.2) is 4.80 Å². The Morgan fingerprint density at radius 2 is 1.73 bits per heavy atom. The molecule has 0 N–H and O–H groups in total. The molecule has 252 valence electrons. The number of para-hydroxylation sites is 1.